The van der Waals surface area contributed by atoms with Crippen LogP contribution in [0, 0.1) is 0 Å². The summed E-state index contributed by atoms with van der Waals surface area (Å²) in [4.78, 5) is 43.0. The van der Waals surface area contributed by atoms with Crippen LogP contribution in [-0.2, 0) is 23.3 Å². The molecule has 2 aliphatic heterocycles. The molecule has 3 N–H and O–H groups in total. The molecule has 1 aromatic heterocycles. The van der Waals surface area contributed by atoms with Gasteiger partial charge in [-0.2, -0.15) is 0 Å². The lowest BCUT2D eigenvalue weighted by Crippen LogP contribution is -2.37. The van der Waals surface area contributed by atoms with Crippen LogP contribution in [0.4, 0.5) is 0 Å². The number of nitrogens with one attached hydrogen (secondary N) is 1. The van der Waals surface area contributed by atoms with E-state index in [9.17, 15) is 14.2 Å². The van der Waals surface area contributed by atoms with E-state index >= 15 is 0 Å². The van der Waals surface area contributed by atoms with Gasteiger partial charge in [-0.3, -0.25) is 18.9 Å². The number of phosphoric ester groups is 1. The standard InChI is InChI=1S/C12H17N2O9P/c1-12(2)22-8-6(5-20-24(17,18)19)21-10(9(8)23-12)14-4-3-7(15)13-11(14)16/h3-4,6,8-10H,5H2,1-2H3,(H,13,15,16)(H2,17,18,19)/t6-,8-,9?,10-/m1/s1. The Kier molecular flexibility index (Phi) is 4.29. The molecule has 134 valence electrons. The van der Waals surface area contributed by atoms with E-state index in [1.807, 2.05) is 0 Å². The number of ether oxygens (including phenoxy) is 3. The summed E-state index contributed by atoms with van der Waals surface area (Å²) in [6, 6.07) is 1.15. The average Bonchev–Trinajstić information content (AvgIpc) is 2.90. The van der Waals surface area contributed by atoms with Crippen LogP contribution in [0.1, 0.15) is 20.1 Å². The van der Waals surface area contributed by atoms with Crippen LogP contribution < -0.4 is 11.2 Å². The molecule has 0 bridgehead atoms. The molecule has 0 radical (unpaired) electrons. The number of aromatic amines is 1. The first-order valence-electron chi connectivity index (χ1n) is 7.08. The van der Waals surface area contributed by atoms with Gasteiger partial charge in [0, 0.05) is 12.3 Å². The molecular weight excluding hydrogens is 347 g/mol. The van der Waals surface area contributed by atoms with Gasteiger partial charge in [0.05, 0.1) is 6.61 Å². The predicted octanol–water partition coefficient (Wildman–Crippen LogP) is -0.937. The van der Waals surface area contributed by atoms with Gasteiger partial charge in [-0.25, -0.2) is 9.36 Å². The Labute approximate surface area is 135 Å². The fraction of sp³-hybridized carbons (Fsp3) is 0.667. The highest BCUT2D eigenvalue weighted by atomic mass is 31.2. The number of rotatable bonds is 4. The van der Waals surface area contributed by atoms with E-state index in [-0.39, 0.29) is 0 Å². The van der Waals surface area contributed by atoms with E-state index in [0.29, 0.717) is 0 Å². The molecule has 0 saturated carbocycles. The summed E-state index contributed by atoms with van der Waals surface area (Å²) < 4.78 is 33.6. The third-order valence-electron chi connectivity index (χ3n) is 3.66. The van der Waals surface area contributed by atoms with E-state index in [2.05, 4.69) is 9.51 Å². The summed E-state index contributed by atoms with van der Waals surface area (Å²) in [5.41, 5.74) is -1.26. The molecule has 3 heterocycles. The van der Waals surface area contributed by atoms with Crippen LogP contribution in [0.2, 0.25) is 0 Å². The van der Waals surface area contributed by atoms with Crippen molar-refractivity contribution in [3.8, 4) is 0 Å². The van der Waals surface area contributed by atoms with Gasteiger partial charge in [0.1, 0.15) is 18.3 Å². The molecule has 11 nitrogen and oxygen atoms in total. The van der Waals surface area contributed by atoms with E-state index in [1.54, 1.807) is 13.8 Å². The highest BCUT2D eigenvalue weighted by Gasteiger charge is 2.56. The zero-order valence-corrected chi connectivity index (χ0v) is 13.7. The molecule has 3 rings (SSSR count). The van der Waals surface area contributed by atoms with Crippen molar-refractivity contribution < 1.29 is 33.1 Å². The van der Waals surface area contributed by atoms with Gasteiger partial charge < -0.3 is 24.0 Å². The Morgan fingerprint density at radius 3 is 2.62 bits per heavy atom. The van der Waals surface area contributed by atoms with Gasteiger partial charge in [-0.15, -0.1) is 0 Å². The molecule has 2 aliphatic rings. The van der Waals surface area contributed by atoms with Crippen LogP contribution in [-0.4, -0.2) is 50.0 Å². The first kappa shape index (κ1) is 17.5. The van der Waals surface area contributed by atoms with Crippen molar-refractivity contribution in [1.29, 1.82) is 0 Å². The van der Waals surface area contributed by atoms with Crippen molar-refractivity contribution in [2.45, 2.75) is 44.2 Å². The number of nitrogens with zero attached hydrogens (tertiary/aromatic N) is 1. The topological polar surface area (TPSA) is 149 Å². The zero-order valence-electron chi connectivity index (χ0n) is 12.8. The molecule has 0 aromatic carbocycles. The van der Waals surface area contributed by atoms with Crippen LogP contribution >= 0.6 is 7.82 Å². The molecule has 0 aliphatic carbocycles. The van der Waals surface area contributed by atoms with Gasteiger partial charge in [-0.1, -0.05) is 0 Å². The van der Waals surface area contributed by atoms with E-state index < -0.39 is 56.0 Å². The molecule has 2 fully saturated rings. The summed E-state index contributed by atoms with van der Waals surface area (Å²) in [7, 11) is -4.69. The normalized spacial score (nSPS) is 32.0. The Morgan fingerprint density at radius 2 is 2.00 bits per heavy atom. The van der Waals surface area contributed by atoms with Gasteiger partial charge in [0.2, 0.25) is 0 Å². The van der Waals surface area contributed by atoms with Crippen molar-refractivity contribution >= 4 is 7.82 Å². The van der Waals surface area contributed by atoms with E-state index in [1.165, 1.54) is 6.20 Å². The molecule has 24 heavy (non-hydrogen) atoms. The third-order valence-corrected chi connectivity index (χ3v) is 4.14. The van der Waals surface area contributed by atoms with Gasteiger partial charge in [0.25, 0.3) is 5.56 Å². The fourth-order valence-electron chi connectivity index (χ4n) is 2.82. The summed E-state index contributed by atoms with van der Waals surface area (Å²) in [6.07, 6.45) is -1.96. The third kappa shape index (κ3) is 3.52. The maximum atomic E-state index is 12.0. The number of phosphoric acid groups is 1. The van der Waals surface area contributed by atoms with Crippen LogP contribution in [0.3, 0.4) is 0 Å². The second-order valence-corrected chi connectivity index (χ2v) is 7.17. The zero-order chi connectivity index (χ0) is 17.7. The van der Waals surface area contributed by atoms with Crippen LogP contribution in [0.5, 0.6) is 0 Å². The van der Waals surface area contributed by atoms with Crippen molar-refractivity contribution in [1.82, 2.24) is 9.55 Å². The van der Waals surface area contributed by atoms with Crippen LogP contribution in [0.15, 0.2) is 21.9 Å². The number of hydrogen-bond donors (Lipinski definition) is 3. The SMILES string of the molecule is CC1(C)OC2[C@H](n3ccc(=O)[nH]c3=O)O[C@H](COP(=O)(O)O)[C@H]2O1. The van der Waals surface area contributed by atoms with Crippen molar-refractivity contribution in [2.24, 2.45) is 0 Å². The second kappa shape index (κ2) is 5.88. The minimum atomic E-state index is -4.69. The first-order valence-corrected chi connectivity index (χ1v) is 8.61. The molecule has 4 atom stereocenters. The second-order valence-electron chi connectivity index (χ2n) is 5.93. The lowest BCUT2D eigenvalue weighted by atomic mass is 10.1. The smallest absolute Gasteiger partial charge is 0.346 e. The number of H-pyrrole nitrogens is 1. The summed E-state index contributed by atoms with van der Waals surface area (Å²) >= 11 is 0. The predicted molar refractivity (Wildman–Crippen MR) is 77.1 cm³/mol. The largest absolute Gasteiger partial charge is 0.469 e. The Hall–Kier alpha value is -1.33. The maximum absolute atomic E-state index is 12.0. The Bertz CT molecular complexity index is 781. The number of fused-ring (bicyclic) bond motifs is 1. The quantitative estimate of drug-likeness (QED) is 0.576. The number of aromatic nitrogens is 2. The maximum Gasteiger partial charge on any atom is 0.469 e. The minimum Gasteiger partial charge on any atom is -0.346 e. The van der Waals surface area contributed by atoms with Crippen LogP contribution in [0.25, 0.3) is 0 Å². The molecule has 1 unspecified atom stereocenters. The Morgan fingerprint density at radius 1 is 1.33 bits per heavy atom. The minimum absolute atomic E-state index is 0.445. The van der Waals surface area contributed by atoms with E-state index in [0.717, 1.165) is 10.6 Å². The molecule has 0 spiro atoms. The van der Waals surface area contributed by atoms with Crippen molar-refractivity contribution in [2.75, 3.05) is 6.61 Å². The summed E-state index contributed by atoms with van der Waals surface area (Å²) in [5.74, 6) is -0.969. The molecule has 12 heteroatoms. The highest BCUT2D eigenvalue weighted by molar-refractivity contribution is 7.46. The monoisotopic (exact) mass is 364 g/mol. The fourth-order valence-corrected chi connectivity index (χ4v) is 3.16. The van der Waals surface area contributed by atoms with Gasteiger partial charge >= 0.3 is 13.5 Å². The lowest BCUT2D eigenvalue weighted by Gasteiger charge is -2.24. The Balaban J connectivity index is 1.89. The molecule has 2 saturated heterocycles. The van der Waals surface area contributed by atoms with Crippen molar-refractivity contribution in [3.05, 3.63) is 33.1 Å². The number of hydrogen-bond acceptors (Lipinski definition) is 7. The molecule has 0 amide bonds. The molecular formula is C12H17N2O9P. The summed E-state index contributed by atoms with van der Waals surface area (Å²) in [5, 5.41) is 0. The summed E-state index contributed by atoms with van der Waals surface area (Å²) in [6.45, 7) is 2.89. The highest BCUT2D eigenvalue weighted by Crippen LogP contribution is 2.44. The van der Waals surface area contributed by atoms with Gasteiger partial charge in [-0.05, 0) is 13.8 Å². The van der Waals surface area contributed by atoms with Crippen molar-refractivity contribution in [3.63, 3.8) is 0 Å². The average molecular weight is 364 g/mol. The first-order chi connectivity index (χ1) is 11.1. The molecule has 1 aromatic rings. The lowest BCUT2D eigenvalue weighted by molar-refractivity contribution is -0.200. The van der Waals surface area contributed by atoms with E-state index in [4.69, 9.17) is 24.0 Å². The van der Waals surface area contributed by atoms with Gasteiger partial charge in [0.15, 0.2) is 12.0 Å².